The minimum atomic E-state index is -3.74. The fourth-order valence-electron chi connectivity index (χ4n) is 2.67. The molecule has 1 N–H and O–H groups in total. The third-order valence-corrected chi connectivity index (χ3v) is 5.36. The van der Waals surface area contributed by atoms with E-state index < -0.39 is 16.0 Å². The molecule has 7 heteroatoms. The normalized spacial score (nSPS) is 16.6. The summed E-state index contributed by atoms with van der Waals surface area (Å²) in [5.74, 6) is -1.12. The van der Waals surface area contributed by atoms with Gasteiger partial charge in [-0.05, 0) is 36.6 Å². The van der Waals surface area contributed by atoms with Gasteiger partial charge in [-0.1, -0.05) is 31.4 Å². The summed E-state index contributed by atoms with van der Waals surface area (Å²) in [6.45, 7) is 0. The number of hydrogen-bond acceptors (Lipinski definition) is 5. The SMILES string of the molecule is COc1ccc(/C=C/C(=O)[O-])cc1S(=O)(=O)NC1CCCCC1. The Bertz CT molecular complexity index is 690. The molecule has 0 amide bonds. The molecule has 6 nitrogen and oxygen atoms in total. The highest BCUT2D eigenvalue weighted by Crippen LogP contribution is 2.27. The van der Waals surface area contributed by atoms with E-state index in [2.05, 4.69) is 4.72 Å². The van der Waals surface area contributed by atoms with Crippen molar-refractivity contribution in [2.75, 3.05) is 7.11 Å². The molecule has 1 aliphatic carbocycles. The third kappa shape index (κ3) is 4.80. The van der Waals surface area contributed by atoms with Crippen LogP contribution in [0.25, 0.3) is 6.08 Å². The van der Waals surface area contributed by atoms with Crippen LogP contribution in [0.5, 0.6) is 5.75 Å². The molecule has 0 spiro atoms. The molecule has 1 saturated carbocycles. The number of rotatable bonds is 6. The van der Waals surface area contributed by atoms with Crippen LogP contribution in [0.15, 0.2) is 29.2 Å². The van der Waals surface area contributed by atoms with E-state index in [1.165, 1.54) is 25.3 Å². The summed E-state index contributed by atoms with van der Waals surface area (Å²) in [7, 11) is -2.34. The van der Waals surface area contributed by atoms with E-state index in [0.29, 0.717) is 5.56 Å². The second-order valence-electron chi connectivity index (χ2n) is 5.52. The average Bonchev–Trinajstić information content (AvgIpc) is 2.53. The van der Waals surface area contributed by atoms with Crippen molar-refractivity contribution in [3.05, 3.63) is 29.8 Å². The van der Waals surface area contributed by atoms with Gasteiger partial charge < -0.3 is 14.6 Å². The lowest BCUT2D eigenvalue weighted by Gasteiger charge is -2.23. The molecule has 0 atom stereocenters. The van der Waals surface area contributed by atoms with Gasteiger partial charge >= 0.3 is 0 Å². The molecule has 126 valence electrons. The summed E-state index contributed by atoms with van der Waals surface area (Å²) in [6, 6.07) is 4.41. The van der Waals surface area contributed by atoms with Crippen LogP contribution in [0.1, 0.15) is 37.7 Å². The van der Waals surface area contributed by atoms with E-state index in [0.717, 1.165) is 38.2 Å². The number of ether oxygens (including phenoxy) is 1. The van der Waals surface area contributed by atoms with Crippen molar-refractivity contribution in [2.45, 2.75) is 43.0 Å². The molecule has 0 aromatic heterocycles. The van der Waals surface area contributed by atoms with Gasteiger partial charge in [-0.25, -0.2) is 13.1 Å². The average molecular weight is 338 g/mol. The number of carbonyl (C=O) groups is 1. The quantitative estimate of drug-likeness (QED) is 0.783. The Kier molecular flexibility index (Phi) is 5.79. The molecule has 1 aromatic rings. The van der Waals surface area contributed by atoms with Gasteiger partial charge in [0, 0.05) is 6.04 Å². The standard InChI is InChI=1S/C16H21NO5S/c1-22-14-9-7-12(8-10-16(18)19)11-15(14)23(20,21)17-13-5-3-2-4-6-13/h7-11,13,17H,2-6H2,1H3,(H,18,19)/p-1/b10-8+. The van der Waals surface area contributed by atoms with E-state index in [-0.39, 0.29) is 16.7 Å². The van der Waals surface area contributed by atoms with E-state index in [1.807, 2.05) is 0 Å². The van der Waals surface area contributed by atoms with Crippen LogP contribution < -0.4 is 14.6 Å². The fraction of sp³-hybridized carbons (Fsp3) is 0.438. The molecule has 1 aliphatic rings. The molecule has 1 fully saturated rings. The topological polar surface area (TPSA) is 95.5 Å². The first-order valence-electron chi connectivity index (χ1n) is 7.52. The van der Waals surface area contributed by atoms with Crippen LogP contribution in [-0.2, 0) is 14.8 Å². The highest BCUT2D eigenvalue weighted by Gasteiger charge is 2.24. The Morgan fingerprint density at radius 2 is 2.00 bits per heavy atom. The number of nitrogens with one attached hydrogen (secondary N) is 1. The van der Waals surface area contributed by atoms with Gasteiger partial charge in [-0.2, -0.15) is 0 Å². The Hall–Kier alpha value is -1.86. The summed E-state index contributed by atoms with van der Waals surface area (Å²) in [5, 5.41) is 10.5. The van der Waals surface area contributed by atoms with Gasteiger partial charge in [0.2, 0.25) is 10.0 Å². The van der Waals surface area contributed by atoms with Crippen molar-refractivity contribution in [1.82, 2.24) is 4.72 Å². The molecule has 0 saturated heterocycles. The number of sulfonamides is 1. The van der Waals surface area contributed by atoms with Gasteiger partial charge in [0.05, 0.1) is 13.1 Å². The number of carbonyl (C=O) groups excluding carboxylic acids is 1. The number of hydrogen-bond donors (Lipinski definition) is 1. The maximum Gasteiger partial charge on any atom is 0.244 e. The minimum absolute atomic E-state index is 0.00562. The van der Waals surface area contributed by atoms with Gasteiger partial charge in [-0.15, -0.1) is 0 Å². The lowest BCUT2D eigenvalue weighted by atomic mass is 9.96. The molecular formula is C16H20NO5S-. The highest BCUT2D eigenvalue weighted by atomic mass is 32.2. The number of methoxy groups -OCH3 is 1. The molecule has 0 radical (unpaired) electrons. The second kappa shape index (κ2) is 7.61. The first-order valence-corrected chi connectivity index (χ1v) is 9.00. The van der Waals surface area contributed by atoms with Crippen molar-refractivity contribution in [3.8, 4) is 5.75 Å². The maximum atomic E-state index is 12.6. The molecule has 2 rings (SSSR count). The Labute approximate surface area is 136 Å². The summed E-state index contributed by atoms with van der Waals surface area (Å²) >= 11 is 0. The van der Waals surface area contributed by atoms with Gasteiger partial charge in [-0.3, -0.25) is 0 Å². The zero-order valence-corrected chi connectivity index (χ0v) is 13.8. The number of aliphatic carboxylic acids is 1. The van der Waals surface area contributed by atoms with Crippen LogP contribution in [0, 0.1) is 0 Å². The van der Waals surface area contributed by atoms with Gasteiger partial charge in [0.25, 0.3) is 0 Å². The summed E-state index contributed by atoms with van der Waals surface area (Å²) in [4.78, 5) is 10.5. The number of carboxylic acids is 1. The largest absolute Gasteiger partial charge is 0.545 e. The second-order valence-corrected chi connectivity index (χ2v) is 7.20. The maximum absolute atomic E-state index is 12.6. The van der Waals surface area contributed by atoms with Crippen LogP contribution in [0.2, 0.25) is 0 Å². The third-order valence-electron chi connectivity index (χ3n) is 3.82. The first-order chi connectivity index (χ1) is 10.9. The van der Waals surface area contributed by atoms with Gasteiger partial charge in [0.15, 0.2) is 0 Å². The molecule has 0 unspecified atom stereocenters. The van der Waals surface area contributed by atoms with Crippen LogP contribution in [0.4, 0.5) is 0 Å². The van der Waals surface area contributed by atoms with Crippen molar-refractivity contribution in [2.24, 2.45) is 0 Å². The Morgan fingerprint density at radius 3 is 2.61 bits per heavy atom. The lowest BCUT2D eigenvalue weighted by Crippen LogP contribution is -2.36. The predicted molar refractivity (Wildman–Crippen MR) is 84.2 cm³/mol. The summed E-state index contributed by atoms with van der Waals surface area (Å²) in [6.07, 6.45) is 6.95. The molecule has 0 heterocycles. The van der Waals surface area contributed by atoms with Crippen molar-refractivity contribution >= 4 is 22.1 Å². The monoisotopic (exact) mass is 338 g/mol. The van der Waals surface area contributed by atoms with Gasteiger partial charge in [0.1, 0.15) is 10.6 Å². The molecule has 23 heavy (non-hydrogen) atoms. The zero-order chi connectivity index (χ0) is 16.9. The van der Waals surface area contributed by atoms with E-state index >= 15 is 0 Å². The molecule has 1 aromatic carbocycles. The highest BCUT2D eigenvalue weighted by molar-refractivity contribution is 7.89. The fourth-order valence-corrected chi connectivity index (χ4v) is 4.18. The predicted octanol–water partition coefficient (Wildman–Crippen LogP) is 1.07. The van der Waals surface area contributed by atoms with E-state index in [9.17, 15) is 18.3 Å². The summed E-state index contributed by atoms with van der Waals surface area (Å²) < 4.78 is 33.1. The zero-order valence-electron chi connectivity index (χ0n) is 12.9. The molecular weight excluding hydrogens is 318 g/mol. The minimum Gasteiger partial charge on any atom is -0.545 e. The van der Waals surface area contributed by atoms with E-state index in [1.54, 1.807) is 6.07 Å². The first kappa shape index (κ1) is 17.5. The smallest absolute Gasteiger partial charge is 0.244 e. The lowest BCUT2D eigenvalue weighted by molar-refractivity contribution is -0.297. The van der Waals surface area contributed by atoms with Crippen LogP contribution in [-0.4, -0.2) is 27.5 Å². The Morgan fingerprint density at radius 1 is 1.30 bits per heavy atom. The Balaban J connectivity index is 2.30. The van der Waals surface area contributed by atoms with Crippen molar-refractivity contribution in [3.63, 3.8) is 0 Å². The number of benzene rings is 1. The van der Waals surface area contributed by atoms with Crippen molar-refractivity contribution in [1.29, 1.82) is 0 Å². The summed E-state index contributed by atoms with van der Waals surface area (Å²) in [5.41, 5.74) is 0.444. The van der Waals surface area contributed by atoms with Crippen LogP contribution in [0.3, 0.4) is 0 Å². The van der Waals surface area contributed by atoms with Crippen molar-refractivity contribution < 1.29 is 23.1 Å². The number of carboxylic acid groups (broad SMARTS) is 1. The molecule has 0 bridgehead atoms. The van der Waals surface area contributed by atoms with E-state index in [4.69, 9.17) is 4.74 Å². The van der Waals surface area contributed by atoms with Crippen LogP contribution >= 0.6 is 0 Å². The molecule has 0 aliphatic heterocycles.